The van der Waals surface area contributed by atoms with E-state index in [4.69, 9.17) is 5.73 Å². The fraction of sp³-hybridized carbons (Fsp3) is 0.250. The third kappa shape index (κ3) is 1.84. The van der Waals surface area contributed by atoms with E-state index in [1.165, 1.54) is 6.07 Å². The van der Waals surface area contributed by atoms with Crippen LogP contribution in [-0.4, -0.2) is 9.78 Å². The summed E-state index contributed by atoms with van der Waals surface area (Å²) < 4.78 is 15.2. The molecule has 1 aromatic heterocycles. The van der Waals surface area contributed by atoms with Gasteiger partial charge in [-0.25, -0.2) is 9.07 Å². The highest BCUT2D eigenvalue weighted by Gasteiger charge is 2.12. The molecule has 3 nitrogen and oxygen atoms in total. The molecule has 0 aliphatic rings. The summed E-state index contributed by atoms with van der Waals surface area (Å²) in [5.74, 6) is -0.233. The number of hydrogen-bond donors (Lipinski definition) is 1. The summed E-state index contributed by atoms with van der Waals surface area (Å²) in [5, 5.41) is 4.14. The third-order valence-corrected chi connectivity index (χ3v) is 2.55. The first-order valence-electron chi connectivity index (χ1n) is 5.15. The molecule has 0 saturated heterocycles. The number of hydrogen-bond acceptors (Lipinski definition) is 2. The molecule has 0 aliphatic heterocycles. The Morgan fingerprint density at radius 1 is 1.44 bits per heavy atom. The summed E-state index contributed by atoms with van der Waals surface area (Å²) in [6.07, 6.45) is 3.50. The lowest BCUT2D eigenvalue weighted by molar-refractivity contribution is 0.611. The predicted octanol–water partition coefficient (Wildman–Crippen LogP) is 2.34. The number of aryl methyl sites for hydroxylation is 1. The first-order valence-corrected chi connectivity index (χ1v) is 5.15. The van der Waals surface area contributed by atoms with Crippen LogP contribution in [0.15, 0.2) is 30.6 Å². The Bertz CT molecular complexity index is 489. The van der Waals surface area contributed by atoms with Gasteiger partial charge in [0.25, 0.3) is 0 Å². The van der Waals surface area contributed by atoms with Crippen molar-refractivity contribution in [2.24, 2.45) is 5.73 Å². The molecule has 0 radical (unpaired) electrons. The summed E-state index contributed by atoms with van der Waals surface area (Å²) in [4.78, 5) is 0. The number of nitrogens with zero attached hydrogens (tertiary/aromatic N) is 2. The number of halogens is 1. The zero-order valence-electron chi connectivity index (χ0n) is 9.31. The molecule has 2 aromatic rings. The fourth-order valence-electron chi connectivity index (χ4n) is 1.66. The highest BCUT2D eigenvalue weighted by molar-refractivity contribution is 5.45. The van der Waals surface area contributed by atoms with Crippen molar-refractivity contribution in [3.8, 4) is 5.69 Å². The summed E-state index contributed by atoms with van der Waals surface area (Å²) >= 11 is 0. The lowest BCUT2D eigenvalue weighted by atomic mass is 10.0. The lowest BCUT2D eigenvalue weighted by Crippen LogP contribution is -2.11. The van der Waals surface area contributed by atoms with Gasteiger partial charge in [0.1, 0.15) is 5.82 Å². The van der Waals surface area contributed by atoms with E-state index in [0.29, 0.717) is 5.56 Å². The van der Waals surface area contributed by atoms with E-state index >= 15 is 0 Å². The normalized spacial score (nSPS) is 12.8. The van der Waals surface area contributed by atoms with Gasteiger partial charge in [-0.1, -0.05) is 0 Å². The van der Waals surface area contributed by atoms with Gasteiger partial charge in [-0.2, -0.15) is 5.10 Å². The Morgan fingerprint density at radius 3 is 2.75 bits per heavy atom. The van der Waals surface area contributed by atoms with Crippen LogP contribution >= 0.6 is 0 Å². The lowest BCUT2D eigenvalue weighted by Gasteiger charge is -2.14. The van der Waals surface area contributed by atoms with Crippen LogP contribution in [0.2, 0.25) is 0 Å². The van der Waals surface area contributed by atoms with E-state index in [-0.39, 0.29) is 11.9 Å². The second kappa shape index (κ2) is 4.06. The quantitative estimate of drug-likeness (QED) is 0.842. The van der Waals surface area contributed by atoms with Gasteiger partial charge in [0.2, 0.25) is 0 Å². The van der Waals surface area contributed by atoms with Gasteiger partial charge in [0.05, 0.1) is 5.69 Å². The van der Waals surface area contributed by atoms with Crippen molar-refractivity contribution in [3.63, 3.8) is 0 Å². The fourth-order valence-corrected chi connectivity index (χ4v) is 1.66. The molecule has 1 atom stereocenters. The van der Waals surface area contributed by atoms with Crippen molar-refractivity contribution in [3.05, 3.63) is 47.5 Å². The molecule has 4 heteroatoms. The van der Waals surface area contributed by atoms with Crippen LogP contribution in [0.5, 0.6) is 0 Å². The molecule has 1 aromatic carbocycles. The van der Waals surface area contributed by atoms with Crippen LogP contribution in [0, 0.1) is 12.7 Å². The number of rotatable bonds is 2. The molecule has 1 heterocycles. The molecular weight excluding hydrogens is 205 g/mol. The minimum atomic E-state index is -0.233. The predicted molar refractivity (Wildman–Crippen MR) is 60.9 cm³/mol. The standard InChI is InChI=1S/C12H14FN3/c1-8-6-12(16-5-3-4-15-16)10(9(2)14)7-11(8)13/h3-7,9H,14H2,1-2H3. The average Bonchev–Trinajstić information content (AvgIpc) is 2.74. The maximum absolute atomic E-state index is 13.5. The smallest absolute Gasteiger partial charge is 0.126 e. The van der Waals surface area contributed by atoms with Gasteiger partial charge >= 0.3 is 0 Å². The van der Waals surface area contributed by atoms with Gasteiger partial charge in [-0.05, 0) is 43.2 Å². The first-order chi connectivity index (χ1) is 7.59. The Balaban J connectivity index is 2.63. The molecule has 2 N–H and O–H groups in total. The largest absolute Gasteiger partial charge is 0.324 e. The number of nitrogens with two attached hydrogens (primary N) is 1. The van der Waals surface area contributed by atoms with Gasteiger partial charge in [0, 0.05) is 18.4 Å². The third-order valence-electron chi connectivity index (χ3n) is 2.55. The molecule has 0 aliphatic carbocycles. The van der Waals surface area contributed by atoms with Crippen LogP contribution in [-0.2, 0) is 0 Å². The van der Waals surface area contributed by atoms with E-state index in [1.807, 2.05) is 19.2 Å². The van der Waals surface area contributed by atoms with Crippen LogP contribution in [0.1, 0.15) is 24.1 Å². The molecule has 1 unspecified atom stereocenters. The number of benzene rings is 1. The molecule has 0 fully saturated rings. The van der Waals surface area contributed by atoms with Crippen LogP contribution in [0.25, 0.3) is 5.69 Å². The number of aromatic nitrogens is 2. The second-order valence-corrected chi connectivity index (χ2v) is 3.90. The van der Waals surface area contributed by atoms with Crippen molar-refractivity contribution in [1.29, 1.82) is 0 Å². The maximum Gasteiger partial charge on any atom is 0.126 e. The highest BCUT2D eigenvalue weighted by atomic mass is 19.1. The Labute approximate surface area is 93.7 Å². The highest BCUT2D eigenvalue weighted by Crippen LogP contribution is 2.23. The van der Waals surface area contributed by atoms with E-state index in [9.17, 15) is 4.39 Å². The first kappa shape index (κ1) is 10.8. The minimum absolute atomic E-state index is 0.228. The molecule has 0 amide bonds. The topological polar surface area (TPSA) is 43.8 Å². The molecule has 16 heavy (non-hydrogen) atoms. The van der Waals surface area contributed by atoms with Gasteiger partial charge in [0.15, 0.2) is 0 Å². The summed E-state index contributed by atoms with van der Waals surface area (Å²) in [7, 11) is 0. The summed E-state index contributed by atoms with van der Waals surface area (Å²) in [5.41, 5.74) is 8.01. The Morgan fingerprint density at radius 2 is 2.19 bits per heavy atom. The molecule has 0 spiro atoms. The van der Waals surface area contributed by atoms with E-state index in [2.05, 4.69) is 5.10 Å². The SMILES string of the molecule is Cc1cc(-n2cccn2)c(C(C)N)cc1F. The van der Waals surface area contributed by atoms with Crippen molar-refractivity contribution in [1.82, 2.24) is 9.78 Å². The molecule has 0 saturated carbocycles. The minimum Gasteiger partial charge on any atom is -0.324 e. The molecular formula is C12H14FN3. The Hall–Kier alpha value is -1.68. The van der Waals surface area contributed by atoms with Crippen LogP contribution < -0.4 is 5.73 Å². The van der Waals surface area contributed by atoms with Crippen molar-refractivity contribution >= 4 is 0 Å². The van der Waals surface area contributed by atoms with Crippen LogP contribution in [0.3, 0.4) is 0 Å². The van der Waals surface area contributed by atoms with Crippen molar-refractivity contribution in [2.75, 3.05) is 0 Å². The zero-order valence-corrected chi connectivity index (χ0v) is 9.31. The Kier molecular flexibility index (Phi) is 2.75. The summed E-state index contributed by atoms with van der Waals surface area (Å²) in [6.45, 7) is 3.56. The zero-order chi connectivity index (χ0) is 11.7. The van der Waals surface area contributed by atoms with Crippen LogP contribution in [0.4, 0.5) is 4.39 Å². The van der Waals surface area contributed by atoms with Crippen molar-refractivity contribution in [2.45, 2.75) is 19.9 Å². The van der Waals surface area contributed by atoms with Gasteiger partial charge < -0.3 is 5.73 Å². The second-order valence-electron chi connectivity index (χ2n) is 3.90. The van der Waals surface area contributed by atoms with E-state index in [0.717, 1.165) is 11.3 Å². The summed E-state index contributed by atoms with van der Waals surface area (Å²) in [6, 6.07) is 4.84. The van der Waals surface area contributed by atoms with E-state index < -0.39 is 0 Å². The van der Waals surface area contributed by atoms with Gasteiger partial charge in [-0.15, -0.1) is 0 Å². The molecule has 0 bridgehead atoms. The maximum atomic E-state index is 13.5. The molecule has 84 valence electrons. The van der Waals surface area contributed by atoms with Crippen molar-refractivity contribution < 1.29 is 4.39 Å². The average molecular weight is 219 g/mol. The molecule has 2 rings (SSSR count). The van der Waals surface area contributed by atoms with E-state index in [1.54, 1.807) is 23.9 Å². The van der Waals surface area contributed by atoms with Gasteiger partial charge in [-0.3, -0.25) is 0 Å². The monoisotopic (exact) mass is 219 g/mol.